The van der Waals surface area contributed by atoms with Gasteiger partial charge >= 0.3 is 6.18 Å². The minimum Gasteiger partial charge on any atom is -0.301 e. The average molecular weight is 436 g/mol. The summed E-state index contributed by atoms with van der Waals surface area (Å²) in [6, 6.07) is 2.98. The van der Waals surface area contributed by atoms with Crippen LogP contribution in [0, 0.1) is 6.92 Å². The van der Waals surface area contributed by atoms with E-state index < -0.39 is 17.8 Å². The Morgan fingerprint density at radius 1 is 1.30 bits per heavy atom. The Morgan fingerprint density at radius 3 is 2.70 bits per heavy atom. The molecule has 2 unspecified atom stereocenters. The van der Waals surface area contributed by atoms with E-state index in [1.54, 1.807) is 25.4 Å². The number of aromatic nitrogens is 4. The van der Waals surface area contributed by atoms with Gasteiger partial charge in [-0.25, -0.2) is 14.6 Å². The van der Waals surface area contributed by atoms with E-state index in [0.29, 0.717) is 23.1 Å². The number of aryl methyl sites for hydroxylation is 1. The molecule has 4 heterocycles. The van der Waals surface area contributed by atoms with Gasteiger partial charge in [-0.1, -0.05) is 11.6 Å². The van der Waals surface area contributed by atoms with Gasteiger partial charge in [-0.3, -0.25) is 4.90 Å². The SMILES string of the molecule is Cc1cc(C(C)N2Cc3c(ccnc3Cl)C2C=O)cnc1-n1cc(C(F)(F)F)cn1. The number of halogens is 4. The van der Waals surface area contributed by atoms with Crippen LogP contribution >= 0.6 is 11.6 Å². The van der Waals surface area contributed by atoms with Gasteiger partial charge in [-0.2, -0.15) is 18.3 Å². The largest absolute Gasteiger partial charge is 0.419 e. The van der Waals surface area contributed by atoms with Crippen LogP contribution in [0.15, 0.2) is 36.9 Å². The molecule has 0 amide bonds. The number of hydrogen-bond acceptors (Lipinski definition) is 5. The number of carbonyl (C=O) groups is 1. The third kappa shape index (κ3) is 3.48. The molecular weight excluding hydrogens is 419 g/mol. The van der Waals surface area contributed by atoms with Crippen LogP contribution in [0.2, 0.25) is 5.15 Å². The highest BCUT2D eigenvalue weighted by atomic mass is 35.5. The van der Waals surface area contributed by atoms with Crippen LogP contribution in [0.5, 0.6) is 0 Å². The number of carbonyl (C=O) groups excluding carboxylic acids is 1. The Kier molecular flexibility index (Phi) is 5.11. The molecule has 1 aliphatic rings. The van der Waals surface area contributed by atoms with Gasteiger partial charge in [0, 0.05) is 36.7 Å². The molecule has 3 aromatic heterocycles. The van der Waals surface area contributed by atoms with E-state index >= 15 is 0 Å². The summed E-state index contributed by atoms with van der Waals surface area (Å²) in [5.74, 6) is 0.310. The summed E-state index contributed by atoms with van der Waals surface area (Å²) in [7, 11) is 0. The first kappa shape index (κ1) is 20.5. The molecule has 0 N–H and O–H groups in total. The zero-order chi connectivity index (χ0) is 21.6. The maximum Gasteiger partial charge on any atom is 0.419 e. The van der Waals surface area contributed by atoms with Gasteiger partial charge in [-0.05, 0) is 42.7 Å². The van der Waals surface area contributed by atoms with Crippen molar-refractivity contribution in [3.05, 3.63) is 69.9 Å². The molecule has 30 heavy (non-hydrogen) atoms. The number of nitrogens with zero attached hydrogens (tertiary/aromatic N) is 5. The third-order valence-electron chi connectivity index (χ3n) is 5.36. The van der Waals surface area contributed by atoms with Crippen LogP contribution in [0.1, 0.15) is 46.8 Å². The minimum absolute atomic E-state index is 0.188. The second-order valence-corrected chi connectivity index (χ2v) is 7.54. The number of alkyl halides is 3. The molecule has 0 spiro atoms. The molecule has 4 rings (SSSR count). The fraction of sp³-hybridized carbons (Fsp3) is 0.300. The topological polar surface area (TPSA) is 63.9 Å². The van der Waals surface area contributed by atoms with Crippen LogP contribution in [-0.2, 0) is 17.5 Å². The molecule has 0 aliphatic carbocycles. The Labute approximate surface area is 175 Å². The van der Waals surface area contributed by atoms with Gasteiger partial charge in [-0.15, -0.1) is 0 Å². The molecule has 2 atom stereocenters. The van der Waals surface area contributed by atoms with Crippen molar-refractivity contribution in [3.8, 4) is 5.82 Å². The van der Waals surface area contributed by atoms with E-state index in [-0.39, 0.29) is 6.04 Å². The number of rotatable bonds is 4. The van der Waals surface area contributed by atoms with Gasteiger partial charge in [0.1, 0.15) is 11.4 Å². The highest BCUT2D eigenvalue weighted by Crippen LogP contribution is 2.40. The fourth-order valence-corrected chi connectivity index (χ4v) is 3.96. The Hall–Kier alpha value is -2.78. The predicted octanol–water partition coefficient (Wildman–Crippen LogP) is 4.46. The molecule has 6 nitrogen and oxygen atoms in total. The Morgan fingerprint density at radius 2 is 2.07 bits per heavy atom. The van der Waals surface area contributed by atoms with Gasteiger partial charge < -0.3 is 4.79 Å². The van der Waals surface area contributed by atoms with Crippen molar-refractivity contribution in [2.24, 2.45) is 0 Å². The lowest BCUT2D eigenvalue weighted by Gasteiger charge is -2.28. The van der Waals surface area contributed by atoms with E-state index in [4.69, 9.17) is 11.6 Å². The van der Waals surface area contributed by atoms with E-state index in [0.717, 1.165) is 40.1 Å². The van der Waals surface area contributed by atoms with E-state index in [2.05, 4.69) is 15.1 Å². The summed E-state index contributed by atoms with van der Waals surface area (Å²) >= 11 is 6.20. The molecule has 3 aromatic rings. The van der Waals surface area contributed by atoms with Gasteiger partial charge in [0.25, 0.3) is 0 Å². The first-order chi connectivity index (χ1) is 14.2. The van der Waals surface area contributed by atoms with Crippen LogP contribution < -0.4 is 0 Å². The number of aldehydes is 1. The number of pyridine rings is 2. The Bertz CT molecular complexity index is 1110. The first-order valence-corrected chi connectivity index (χ1v) is 9.51. The van der Waals surface area contributed by atoms with Crippen LogP contribution in [0.25, 0.3) is 5.82 Å². The van der Waals surface area contributed by atoms with Gasteiger partial charge in [0.05, 0.1) is 17.8 Å². The molecule has 0 radical (unpaired) electrons. The third-order valence-corrected chi connectivity index (χ3v) is 5.69. The predicted molar refractivity (Wildman–Crippen MR) is 103 cm³/mol. The van der Waals surface area contributed by atoms with Crippen LogP contribution in [0.4, 0.5) is 13.2 Å². The van der Waals surface area contributed by atoms with Crippen molar-refractivity contribution >= 4 is 17.9 Å². The van der Waals surface area contributed by atoms with E-state index in [1.165, 1.54) is 0 Å². The summed E-state index contributed by atoms with van der Waals surface area (Å²) in [4.78, 5) is 22.2. The molecule has 10 heteroatoms. The molecule has 0 saturated heterocycles. The van der Waals surface area contributed by atoms with Gasteiger partial charge in [0.2, 0.25) is 0 Å². The zero-order valence-electron chi connectivity index (χ0n) is 16.1. The summed E-state index contributed by atoms with van der Waals surface area (Å²) in [6.07, 6.45) is 1.25. The normalized spacial score (nSPS) is 17.7. The minimum atomic E-state index is -4.47. The second kappa shape index (κ2) is 7.48. The molecule has 0 saturated carbocycles. The quantitative estimate of drug-likeness (QED) is 0.447. The highest BCUT2D eigenvalue weighted by Gasteiger charge is 2.36. The molecule has 0 aromatic carbocycles. The molecule has 156 valence electrons. The maximum atomic E-state index is 12.8. The lowest BCUT2D eigenvalue weighted by Crippen LogP contribution is -2.26. The Balaban J connectivity index is 1.62. The standard InChI is InChI=1S/C20H17ClF3N5O/c1-11-5-13(6-26-19(11)29-8-14(7-27-29)20(22,23)24)12(2)28-9-16-15(17(28)10-30)3-4-25-18(16)21/h3-8,10,12,17H,9H2,1-2H3. The monoisotopic (exact) mass is 435 g/mol. The number of hydrogen-bond donors (Lipinski definition) is 0. The lowest BCUT2D eigenvalue weighted by atomic mass is 10.0. The zero-order valence-corrected chi connectivity index (χ0v) is 16.8. The summed E-state index contributed by atoms with van der Waals surface area (Å²) < 4.78 is 39.7. The number of fused-ring (bicyclic) bond motifs is 1. The fourth-order valence-electron chi connectivity index (χ4n) is 3.74. The summed E-state index contributed by atoms with van der Waals surface area (Å²) in [5, 5.41) is 4.16. The van der Waals surface area contributed by atoms with Crippen LogP contribution in [-0.4, -0.2) is 30.9 Å². The van der Waals surface area contributed by atoms with Crippen molar-refractivity contribution in [2.75, 3.05) is 0 Å². The van der Waals surface area contributed by atoms with E-state index in [9.17, 15) is 18.0 Å². The summed E-state index contributed by atoms with van der Waals surface area (Å²) in [6.45, 7) is 4.15. The van der Waals surface area contributed by atoms with Crippen molar-refractivity contribution in [1.29, 1.82) is 0 Å². The highest BCUT2D eigenvalue weighted by molar-refractivity contribution is 6.30. The molecular formula is C20H17ClF3N5O. The summed E-state index contributed by atoms with van der Waals surface area (Å²) in [5.41, 5.74) is 2.30. The molecule has 1 aliphatic heterocycles. The van der Waals surface area contributed by atoms with Crippen molar-refractivity contribution in [3.63, 3.8) is 0 Å². The molecule has 0 fully saturated rings. The first-order valence-electron chi connectivity index (χ1n) is 9.13. The smallest absolute Gasteiger partial charge is 0.301 e. The van der Waals surface area contributed by atoms with Crippen molar-refractivity contribution in [1.82, 2.24) is 24.6 Å². The lowest BCUT2D eigenvalue weighted by molar-refractivity contribution is -0.137. The molecule has 0 bridgehead atoms. The second-order valence-electron chi connectivity index (χ2n) is 7.18. The maximum absolute atomic E-state index is 12.8. The van der Waals surface area contributed by atoms with Gasteiger partial charge in [0.15, 0.2) is 5.82 Å². The van der Waals surface area contributed by atoms with Crippen LogP contribution in [0.3, 0.4) is 0 Å². The van der Waals surface area contributed by atoms with Crippen molar-refractivity contribution < 1.29 is 18.0 Å². The van der Waals surface area contributed by atoms with Crippen molar-refractivity contribution in [2.45, 2.75) is 38.7 Å². The average Bonchev–Trinajstić information content (AvgIpc) is 3.32. The van der Waals surface area contributed by atoms with E-state index in [1.807, 2.05) is 17.9 Å².